The van der Waals surface area contributed by atoms with Gasteiger partial charge in [0, 0.05) is 6.42 Å². The van der Waals surface area contributed by atoms with Crippen LogP contribution in [0.3, 0.4) is 0 Å². The molecule has 12 N–H and O–H groups in total. The summed E-state index contributed by atoms with van der Waals surface area (Å²) in [5.74, 6) is -0.268. The Bertz CT molecular complexity index is 1170. The zero-order chi connectivity index (χ0) is 43.5. The number of hydrogen-bond donors (Lipinski definition) is 12. The first-order valence-electron chi connectivity index (χ1n) is 21.4. The van der Waals surface area contributed by atoms with Crippen LogP contribution in [-0.2, 0) is 33.2 Å². The molecule has 0 bridgehead atoms. The van der Waals surface area contributed by atoms with Gasteiger partial charge in [-0.25, -0.2) is 0 Å². The van der Waals surface area contributed by atoms with Gasteiger partial charge in [0.1, 0.15) is 73.2 Å². The molecule has 3 rings (SSSR count). The van der Waals surface area contributed by atoms with Crippen molar-refractivity contribution in [2.45, 2.75) is 208 Å². The average Bonchev–Trinajstić information content (AvgIpc) is 3.23. The van der Waals surface area contributed by atoms with E-state index in [2.05, 4.69) is 31.3 Å². The van der Waals surface area contributed by atoms with E-state index < -0.39 is 124 Å². The summed E-state index contributed by atoms with van der Waals surface area (Å²) in [6.45, 7) is 1.50. The van der Waals surface area contributed by atoms with E-state index in [-0.39, 0.29) is 18.9 Å². The highest BCUT2D eigenvalue weighted by Crippen LogP contribution is 2.33. The minimum absolute atomic E-state index is 0.254. The van der Waals surface area contributed by atoms with E-state index in [1.807, 2.05) is 0 Å². The average molecular weight is 856 g/mol. The van der Waals surface area contributed by atoms with Crippen LogP contribution in [-0.4, -0.2) is 193 Å². The molecule has 59 heavy (non-hydrogen) atoms. The van der Waals surface area contributed by atoms with Gasteiger partial charge in [0.2, 0.25) is 5.91 Å². The number of carbonyl (C=O) groups excluding carboxylic acids is 1. The minimum atomic E-state index is -1.97. The first-order chi connectivity index (χ1) is 28.3. The van der Waals surface area contributed by atoms with Crippen molar-refractivity contribution >= 4 is 5.91 Å². The van der Waals surface area contributed by atoms with Gasteiger partial charge in [-0.15, -0.1) is 0 Å². The quantitative estimate of drug-likeness (QED) is 0.0326. The van der Waals surface area contributed by atoms with Gasteiger partial charge in [-0.2, -0.15) is 0 Å². The lowest BCUT2D eigenvalue weighted by Crippen LogP contribution is -2.66. The van der Waals surface area contributed by atoms with E-state index in [9.17, 15) is 61.0 Å². The van der Waals surface area contributed by atoms with Crippen LogP contribution in [0.1, 0.15) is 104 Å². The maximum atomic E-state index is 13.0. The number of ether oxygens (including phenoxy) is 6. The van der Waals surface area contributed by atoms with Gasteiger partial charge in [0.25, 0.3) is 0 Å². The van der Waals surface area contributed by atoms with E-state index in [0.717, 1.165) is 64.2 Å². The van der Waals surface area contributed by atoms with E-state index in [1.54, 1.807) is 0 Å². The zero-order valence-corrected chi connectivity index (χ0v) is 34.5. The van der Waals surface area contributed by atoms with Crippen LogP contribution in [0.15, 0.2) is 12.2 Å². The molecule has 3 fully saturated rings. The summed E-state index contributed by atoms with van der Waals surface area (Å²) >= 11 is 0. The van der Waals surface area contributed by atoms with Gasteiger partial charge in [-0.3, -0.25) is 4.79 Å². The maximum Gasteiger partial charge on any atom is 0.220 e. The molecular weight excluding hydrogens is 782 g/mol. The Hall–Kier alpha value is -1.47. The summed E-state index contributed by atoms with van der Waals surface area (Å²) in [5, 5.41) is 119. The Morgan fingerprint density at radius 3 is 1.69 bits per heavy atom. The molecule has 0 saturated carbocycles. The summed E-state index contributed by atoms with van der Waals surface area (Å²) < 4.78 is 33.8. The number of allylic oxidation sites excluding steroid dienone is 2. The second kappa shape index (κ2) is 27.6. The number of aliphatic hydroxyl groups is 11. The molecule has 0 radical (unpaired) electrons. The van der Waals surface area contributed by atoms with Crippen molar-refractivity contribution < 1.29 is 89.4 Å². The SMILES string of the molecule is CCC/C=C\CCCCCCCC(=O)NC(COC1OC(CO)C(OC2OC(CO)C(OC3OC(CO)C(O)C(O)C3O)C(O)C2O)C(O)C1O)C(O)CCCCCC. The van der Waals surface area contributed by atoms with Crippen molar-refractivity contribution in [2.24, 2.45) is 0 Å². The lowest BCUT2D eigenvalue weighted by Gasteiger charge is -2.48. The van der Waals surface area contributed by atoms with Crippen molar-refractivity contribution in [3.05, 3.63) is 12.2 Å². The molecular formula is C40H73NO18. The molecule has 3 heterocycles. The van der Waals surface area contributed by atoms with Crippen LogP contribution in [0.2, 0.25) is 0 Å². The van der Waals surface area contributed by atoms with E-state index in [0.29, 0.717) is 19.3 Å². The lowest BCUT2D eigenvalue weighted by molar-refractivity contribution is -0.379. The van der Waals surface area contributed by atoms with Crippen LogP contribution in [0.25, 0.3) is 0 Å². The van der Waals surface area contributed by atoms with E-state index in [4.69, 9.17) is 28.4 Å². The summed E-state index contributed by atoms with van der Waals surface area (Å²) in [5.41, 5.74) is 0. The van der Waals surface area contributed by atoms with Gasteiger partial charge in [-0.1, -0.05) is 77.4 Å². The largest absolute Gasteiger partial charge is 0.394 e. The lowest BCUT2D eigenvalue weighted by atomic mass is 9.96. The molecule has 0 aromatic heterocycles. The molecule has 1 amide bonds. The van der Waals surface area contributed by atoms with Crippen LogP contribution in [0.4, 0.5) is 0 Å². The summed E-state index contributed by atoms with van der Waals surface area (Å²) in [4.78, 5) is 13.0. The molecule has 0 aromatic rings. The zero-order valence-electron chi connectivity index (χ0n) is 34.5. The Labute approximate surface area is 346 Å². The van der Waals surface area contributed by atoms with Gasteiger partial charge in [-0.05, 0) is 32.1 Å². The Balaban J connectivity index is 1.58. The number of aliphatic hydroxyl groups excluding tert-OH is 11. The molecule has 0 aromatic carbocycles. The molecule has 3 aliphatic heterocycles. The fourth-order valence-corrected chi connectivity index (χ4v) is 7.37. The maximum absolute atomic E-state index is 13.0. The highest BCUT2D eigenvalue weighted by atomic mass is 16.8. The third-order valence-corrected chi connectivity index (χ3v) is 11.1. The van der Waals surface area contributed by atoms with Crippen molar-refractivity contribution in [1.82, 2.24) is 5.32 Å². The number of hydrogen-bond acceptors (Lipinski definition) is 18. The number of unbranched alkanes of at least 4 members (excludes halogenated alkanes) is 9. The standard InChI is InChI=1S/C40H73NO18/c1-3-5-7-9-10-11-12-13-14-16-18-28(46)41-23(24(45)17-15-8-6-4-2)22-54-38-34(52)31(49)36(26(20-43)56-38)59-40-35(53)32(50)37(27(21-44)57-40)58-39-33(51)30(48)29(47)25(19-42)55-39/h7,9,23-27,29-40,42-45,47-53H,3-6,8,10-22H2,1-2H3,(H,41,46)/b9-7-. The third-order valence-electron chi connectivity index (χ3n) is 11.1. The van der Waals surface area contributed by atoms with E-state index >= 15 is 0 Å². The monoisotopic (exact) mass is 855 g/mol. The first-order valence-corrected chi connectivity index (χ1v) is 21.4. The van der Waals surface area contributed by atoms with Crippen molar-refractivity contribution in [1.29, 1.82) is 0 Å². The van der Waals surface area contributed by atoms with E-state index in [1.165, 1.54) is 0 Å². The Morgan fingerprint density at radius 2 is 1.10 bits per heavy atom. The molecule has 17 atom stereocenters. The topological polar surface area (TPSA) is 307 Å². The van der Waals surface area contributed by atoms with Gasteiger partial charge in [0.05, 0.1) is 38.6 Å². The number of rotatable bonds is 27. The van der Waals surface area contributed by atoms with Crippen molar-refractivity contribution in [3.8, 4) is 0 Å². The van der Waals surface area contributed by atoms with Gasteiger partial charge < -0.3 is 89.9 Å². The predicted molar refractivity (Wildman–Crippen MR) is 208 cm³/mol. The molecule has 19 nitrogen and oxygen atoms in total. The molecule has 17 unspecified atom stereocenters. The highest BCUT2D eigenvalue weighted by Gasteiger charge is 2.53. The fourth-order valence-electron chi connectivity index (χ4n) is 7.37. The van der Waals surface area contributed by atoms with Crippen LogP contribution in [0, 0.1) is 0 Å². The normalized spacial score (nSPS) is 36.5. The highest BCUT2D eigenvalue weighted by molar-refractivity contribution is 5.76. The summed E-state index contributed by atoms with van der Waals surface area (Å²) in [7, 11) is 0. The van der Waals surface area contributed by atoms with Gasteiger partial charge in [0.15, 0.2) is 18.9 Å². The minimum Gasteiger partial charge on any atom is -0.394 e. The molecule has 19 heteroatoms. The molecule has 0 aliphatic carbocycles. The van der Waals surface area contributed by atoms with Gasteiger partial charge >= 0.3 is 0 Å². The smallest absolute Gasteiger partial charge is 0.220 e. The van der Waals surface area contributed by atoms with Crippen molar-refractivity contribution in [3.63, 3.8) is 0 Å². The number of carbonyl (C=O) groups is 1. The molecule has 346 valence electrons. The van der Waals surface area contributed by atoms with Crippen LogP contribution < -0.4 is 5.32 Å². The number of amides is 1. The molecule has 3 saturated heterocycles. The predicted octanol–water partition coefficient (Wildman–Crippen LogP) is -1.65. The Morgan fingerprint density at radius 1 is 0.593 bits per heavy atom. The first kappa shape index (κ1) is 51.9. The van der Waals surface area contributed by atoms with Crippen LogP contribution in [0.5, 0.6) is 0 Å². The third kappa shape index (κ3) is 15.7. The Kier molecular flexibility index (Phi) is 24.2. The van der Waals surface area contributed by atoms with Crippen LogP contribution >= 0.6 is 0 Å². The summed E-state index contributed by atoms with van der Waals surface area (Å²) in [6.07, 6.45) is -9.82. The molecule has 0 spiro atoms. The second-order valence-corrected chi connectivity index (χ2v) is 15.8. The number of nitrogens with one attached hydrogen (secondary N) is 1. The molecule has 3 aliphatic rings. The second-order valence-electron chi connectivity index (χ2n) is 15.8. The van der Waals surface area contributed by atoms with Crippen molar-refractivity contribution in [2.75, 3.05) is 26.4 Å². The fraction of sp³-hybridized carbons (Fsp3) is 0.925. The summed E-state index contributed by atoms with van der Waals surface area (Å²) in [6, 6.07) is -0.880.